The van der Waals surface area contributed by atoms with Gasteiger partial charge in [0.2, 0.25) is 0 Å². The molecule has 28 heavy (non-hydrogen) atoms. The SMILES string of the molecule is CCOc1cc(/C=N\NC(=O)C(=O)NCc2ccccc2)cc([N+](=O)[O-])c1[O-]. The third-order valence-corrected chi connectivity index (χ3v) is 3.44. The Morgan fingerprint density at radius 1 is 1.21 bits per heavy atom. The van der Waals surface area contributed by atoms with E-state index < -0.39 is 28.2 Å². The van der Waals surface area contributed by atoms with Crippen molar-refractivity contribution in [1.82, 2.24) is 10.7 Å². The molecule has 0 aliphatic rings. The van der Waals surface area contributed by atoms with E-state index >= 15 is 0 Å². The minimum atomic E-state index is -1.01. The lowest BCUT2D eigenvalue weighted by Crippen LogP contribution is -2.37. The second-order valence-corrected chi connectivity index (χ2v) is 5.42. The van der Waals surface area contributed by atoms with Gasteiger partial charge in [0, 0.05) is 23.9 Å². The molecule has 0 radical (unpaired) electrons. The number of ether oxygens (including phenoxy) is 1. The molecular weight excluding hydrogens is 368 g/mol. The van der Waals surface area contributed by atoms with E-state index in [2.05, 4.69) is 10.4 Å². The van der Waals surface area contributed by atoms with Crippen molar-refractivity contribution in [1.29, 1.82) is 0 Å². The quantitative estimate of drug-likeness (QED) is 0.312. The summed E-state index contributed by atoms with van der Waals surface area (Å²) in [6.07, 6.45) is 1.07. The van der Waals surface area contributed by atoms with Crippen LogP contribution in [0.3, 0.4) is 0 Å². The summed E-state index contributed by atoms with van der Waals surface area (Å²) < 4.78 is 5.08. The van der Waals surface area contributed by atoms with Gasteiger partial charge in [0.25, 0.3) is 5.69 Å². The van der Waals surface area contributed by atoms with E-state index in [0.717, 1.165) is 17.8 Å². The molecule has 0 aliphatic carbocycles. The van der Waals surface area contributed by atoms with Gasteiger partial charge in [0.15, 0.2) is 0 Å². The van der Waals surface area contributed by atoms with Crippen molar-refractivity contribution in [2.45, 2.75) is 13.5 Å². The molecule has 2 rings (SSSR count). The number of hydrogen-bond donors (Lipinski definition) is 2. The maximum Gasteiger partial charge on any atom is 0.329 e. The van der Waals surface area contributed by atoms with Gasteiger partial charge in [-0.05, 0) is 18.6 Å². The largest absolute Gasteiger partial charge is 0.865 e. The lowest BCUT2D eigenvalue weighted by molar-refractivity contribution is -0.398. The number of carbonyl (C=O) groups is 2. The third-order valence-electron chi connectivity index (χ3n) is 3.44. The molecule has 0 aromatic heterocycles. The summed E-state index contributed by atoms with van der Waals surface area (Å²) in [6, 6.07) is 11.3. The normalized spacial score (nSPS) is 10.5. The molecule has 0 heterocycles. The summed E-state index contributed by atoms with van der Waals surface area (Å²) in [6.45, 7) is 1.94. The zero-order valence-corrected chi connectivity index (χ0v) is 14.9. The van der Waals surface area contributed by atoms with Crippen LogP contribution in [0.25, 0.3) is 0 Å². The van der Waals surface area contributed by atoms with E-state index in [4.69, 9.17) is 4.74 Å². The summed E-state index contributed by atoms with van der Waals surface area (Å²) >= 11 is 0. The number of hydrazone groups is 1. The summed E-state index contributed by atoms with van der Waals surface area (Å²) in [5.74, 6) is -2.96. The van der Waals surface area contributed by atoms with Crippen molar-refractivity contribution >= 4 is 23.7 Å². The maximum absolute atomic E-state index is 11.9. The molecule has 2 amide bonds. The maximum atomic E-state index is 11.9. The van der Waals surface area contributed by atoms with Crippen molar-refractivity contribution in [3.8, 4) is 11.5 Å². The first-order valence-corrected chi connectivity index (χ1v) is 8.19. The minimum Gasteiger partial charge on any atom is -0.865 e. The van der Waals surface area contributed by atoms with E-state index in [1.165, 1.54) is 6.07 Å². The van der Waals surface area contributed by atoms with Crippen LogP contribution in [0.4, 0.5) is 5.69 Å². The second kappa shape index (κ2) is 9.67. The molecule has 0 spiro atoms. The van der Waals surface area contributed by atoms with Gasteiger partial charge >= 0.3 is 11.8 Å². The molecule has 0 bridgehead atoms. The van der Waals surface area contributed by atoms with E-state index in [9.17, 15) is 24.8 Å². The third kappa shape index (κ3) is 5.53. The number of nitro groups is 1. The van der Waals surface area contributed by atoms with Crippen LogP contribution in [-0.2, 0) is 16.1 Å². The van der Waals surface area contributed by atoms with Crippen LogP contribution in [-0.4, -0.2) is 29.6 Å². The topological polar surface area (TPSA) is 146 Å². The fraction of sp³-hybridized carbons (Fsp3) is 0.167. The second-order valence-electron chi connectivity index (χ2n) is 5.42. The van der Waals surface area contributed by atoms with Crippen molar-refractivity contribution in [2.75, 3.05) is 6.61 Å². The Balaban J connectivity index is 2.00. The van der Waals surface area contributed by atoms with Gasteiger partial charge in [-0.25, -0.2) is 5.43 Å². The summed E-state index contributed by atoms with van der Waals surface area (Å²) in [5.41, 5.74) is 2.30. The molecule has 0 atom stereocenters. The highest BCUT2D eigenvalue weighted by Crippen LogP contribution is 2.34. The van der Waals surface area contributed by atoms with Crippen LogP contribution in [0.2, 0.25) is 0 Å². The van der Waals surface area contributed by atoms with Gasteiger partial charge < -0.3 is 15.2 Å². The average molecular weight is 385 g/mol. The van der Waals surface area contributed by atoms with Crippen LogP contribution < -0.4 is 20.6 Å². The molecule has 0 aliphatic heterocycles. The molecule has 2 aromatic rings. The molecule has 0 fully saturated rings. The van der Waals surface area contributed by atoms with Gasteiger partial charge in [-0.3, -0.25) is 19.7 Å². The summed E-state index contributed by atoms with van der Waals surface area (Å²) in [5, 5.41) is 28.9. The van der Waals surface area contributed by atoms with Crippen LogP contribution in [0.15, 0.2) is 47.6 Å². The first-order chi connectivity index (χ1) is 13.4. The minimum absolute atomic E-state index is 0.144. The molecule has 2 N–H and O–H groups in total. The number of rotatable bonds is 7. The van der Waals surface area contributed by atoms with Gasteiger partial charge in [0.05, 0.1) is 17.7 Å². The fourth-order valence-electron chi connectivity index (χ4n) is 2.16. The molecule has 0 saturated carbocycles. The average Bonchev–Trinajstić information content (AvgIpc) is 2.69. The van der Waals surface area contributed by atoms with Gasteiger partial charge in [0.1, 0.15) is 5.75 Å². The van der Waals surface area contributed by atoms with Crippen LogP contribution in [0.5, 0.6) is 11.5 Å². The molecule has 10 heteroatoms. The highest BCUT2D eigenvalue weighted by molar-refractivity contribution is 6.35. The van der Waals surface area contributed by atoms with Gasteiger partial charge in [-0.2, -0.15) is 5.10 Å². The van der Waals surface area contributed by atoms with Crippen molar-refractivity contribution in [3.63, 3.8) is 0 Å². The van der Waals surface area contributed by atoms with E-state index in [1.54, 1.807) is 31.2 Å². The number of benzene rings is 2. The summed E-state index contributed by atoms with van der Waals surface area (Å²) in [4.78, 5) is 33.6. The Labute approximate surface area is 160 Å². The van der Waals surface area contributed by atoms with Crippen molar-refractivity contribution in [3.05, 3.63) is 63.7 Å². The number of nitrogens with zero attached hydrogens (tertiary/aromatic N) is 2. The van der Waals surface area contributed by atoms with E-state index in [0.29, 0.717) is 0 Å². The zero-order chi connectivity index (χ0) is 20.5. The molecule has 0 unspecified atom stereocenters. The van der Waals surface area contributed by atoms with Crippen LogP contribution in [0.1, 0.15) is 18.1 Å². The number of hydrogen-bond acceptors (Lipinski definition) is 7. The number of amides is 2. The number of nitrogens with one attached hydrogen (secondary N) is 2. The molecule has 146 valence electrons. The van der Waals surface area contributed by atoms with E-state index in [1.807, 2.05) is 11.5 Å². The predicted octanol–water partition coefficient (Wildman–Crippen LogP) is 0.834. The first-order valence-electron chi connectivity index (χ1n) is 8.19. The number of carbonyl (C=O) groups excluding carboxylic acids is 2. The fourth-order valence-corrected chi connectivity index (χ4v) is 2.16. The Hall–Kier alpha value is -3.95. The highest BCUT2D eigenvalue weighted by Gasteiger charge is 2.14. The highest BCUT2D eigenvalue weighted by atomic mass is 16.6. The van der Waals surface area contributed by atoms with Gasteiger partial charge in [-0.1, -0.05) is 30.3 Å². The standard InChI is InChI=1S/C18H18N4O6/c1-2-28-15-9-13(8-14(16(15)23)22(26)27)11-20-21-18(25)17(24)19-10-12-6-4-3-5-7-12/h3-9,11,23H,2,10H2,1H3,(H,19,24)(H,21,25)/p-1/b20-11-. The smallest absolute Gasteiger partial charge is 0.329 e. The van der Waals surface area contributed by atoms with Crippen molar-refractivity contribution < 1.29 is 24.4 Å². The van der Waals surface area contributed by atoms with Gasteiger partial charge in [-0.15, -0.1) is 0 Å². The van der Waals surface area contributed by atoms with Crippen LogP contribution in [0, 0.1) is 10.1 Å². The predicted molar refractivity (Wildman–Crippen MR) is 97.7 cm³/mol. The lowest BCUT2D eigenvalue weighted by Gasteiger charge is -2.14. The number of nitro benzene ring substituents is 1. The Morgan fingerprint density at radius 3 is 2.57 bits per heavy atom. The molecule has 0 saturated heterocycles. The monoisotopic (exact) mass is 385 g/mol. The summed E-state index contributed by atoms with van der Waals surface area (Å²) in [7, 11) is 0. The van der Waals surface area contributed by atoms with E-state index in [-0.39, 0.29) is 24.5 Å². The Morgan fingerprint density at radius 2 is 1.93 bits per heavy atom. The Kier molecular flexibility index (Phi) is 7.03. The van der Waals surface area contributed by atoms with Crippen LogP contribution >= 0.6 is 0 Å². The Bertz CT molecular complexity index is 898. The zero-order valence-electron chi connectivity index (χ0n) is 14.9. The first kappa shape index (κ1) is 20.4. The molecule has 2 aromatic carbocycles. The molecular formula is C18H17N4O6-. The molecule has 10 nitrogen and oxygen atoms in total. The van der Waals surface area contributed by atoms with Crippen molar-refractivity contribution in [2.24, 2.45) is 5.10 Å². The lowest BCUT2D eigenvalue weighted by atomic mass is 10.2.